The van der Waals surface area contributed by atoms with Gasteiger partial charge in [0.25, 0.3) is 0 Å². The first kappa shape index (κ1) is 14.5. The minimum atomic E-state index is 0.733. The Morgan fingerprint density at radius 2 is 1.90 bits per heavy atom. The van der Waals surface area contributed by atoms with Crippen molar-refractivity contribution in [1.29, 1.82) is 0 Å². The number of para-hydroxylation sites is 1. The largest absolute Gasteiger partial charge is 0.309 e. The van der Waals surface area contributed by atoms with Gasteiger partial charge in [-0.05, 0) is 45.3 Å². The summed E-state index contributed by atoms with van der Waals surface area (Å²) in [4.78, 5) is 4.47. The van der Waals surface area contributed by atoms with Gasteiger partial charge in [0.05, 0.1) is 10.5 Å². The van der Waals surface area contributed by atoms with E-state index in [0.717, 1.165) is 28.1 Å². The van der Waals surface area contributed by atoms with Crippen LogP contribution >= 0.6 is 27.5 Å². The van der Waals surface area contributed by atoms with E-state index in [1.54, 1.807) is 0 Å². The second-order valence-electron chi connectivity index (χ2n) is 4.84. The molecule has 0 radical (unpaired) electrons. The quantitative estimate of drug-likeness (QED) is 0.712. The fourth-order valence-corrected chi connectivity index (χ4v) is 2.84. The van der Waals surface area contributed by atoms with Crippen LogP contribution in [-0.2, 0) is 13.1 Å². The summed E-state index contributed by atoms with van der Waals surface area (Å²) < 4.78 is 0.926. The molecule has 1 aromatic heterocycles. The first-order chi connectivity index (χ1) is 10.2. The van der Waals surface area contributed by atoms with Gasteiger partial charge in [-0.3, -0.25) is 4.98 Å². The van der Waals surface area contributed by atoms with Gasteiger partial charge in [0.1, 0.15) is 0 Å². The molecular formula is C17H14BrClN2. The van der Waals surface area contributed by atoms with Gasteiger partial charge in [-0.2, -0.15) is 0 Å². The van der Waals surface area contributed by atoms with Gasteiger partial charge in [-0.25, -0.2) is 0 Å². The van der Waals surface area contributed by atoms with Crippen molar-refractivity contribution >= 4 is 38.4 Å². The molecule has 3 aromatic rings. The van der Waals surface area contributed by atoms with Crippen molar-refractivity contribution in [2.24, 2.45) is 0 Å². The van der Waals surface area contributed by atoms with Crippen LogP contribution < -0.4 is 5.32 Å². The molecule has 1 N–H and O–H groups in total. The maximum Gasteiger partial charge on any atom is 0.0746 e. The van der Waals surface area contributed by atoms with Gasteiger partial charge in [0.2, 0.25) is 0 Å². The molecule has 0 saturated carbocycles. The zero-order valence-electron chi connectivity index (χ0n) is 11.3. The Bertz CT molecular complexity index is 768. The Morgan fingerprint density at radius 1 is 1.05 bits per heavy atom. The maximum atomic E-state index is 6.00. The molecule has 0 aliphatic carbocycles. The van der Waals surface area contributed by atoms with Crippen LogP contribution in [0.25, 0.3) is 10.9 Å². The van der Waals surface area contributed by atoms with Crippen LogP contribution in [0.1, 0.15) is 11.1 Å². The van der Waals surface area contributed by atoms with Crippen LogP contribution in [0.15, 0.2) is 59.2 Å². The van der Waals surface area contributed by atoms with E-state index in [2.05, 4.69) is 50.5 Å². The lowest BCUT2D eigenvalue weighted by Gasteiger charge is -2.08. The van der Waals surface area contributed by atoms with Crippen molar-refractivity contribution in [3.05, 3.63) is 75.4 Å². The second kappa shape index (κ2) is 6.56. The Labute approximate surface area is 137 Å². The molecule has 0 atom stereocenters. The van der Waals surface area contributed by atoms with Crippen LogP contribution in [0, 0.1) is 0 Å². The minimum Gasteiger partial charge on any atom is -0.309 e. The van der Waals surface area contributed by atoms with Crippen molar-refractivity contribution in [2.45, 2.75) is 13.1 Å². The molecule has 0 aliphatic heterocycles. The Morgan fingerprint density at radius 3 is 2.76 bits per heavy atom. The SMILES string of the molecule is Clc1ccc(CNCc2cccc3cccnc23)cc1Br. The smallest absolute Gasteiger partial charge is 0.0746 e. The lowest BCUT2D eigenvalue weighted by Crippen LogP contribution is -2.13. The summed E-state index contributed by atoms with van der Waals surface area (Å²) in [7, 11) is 0. The molecule has 0 fully saturated rings. The summed E-state index contributed by atoms with van der Waals surface area (Å²) in [5, 5.41) is 5.36. The van der Waals surface area contributed by atoms with Crippen LogP contribution in [0.2, 0.25) is 5.02 Å². The van der Waals surface area contributed by atoms with Crippen molar-refractivity contribution in [1.82, 2.24) is 10.3 Å². The van der Waals surface area contributed by atoms with Gasteiger partial charge in [-0.1, -0.05) is 41.9 Å². The molecule has 4 heteroatoms. The fourth-order valence-electron chi connectivity index (χ4n) is 2.30. The molecule has 0 bridgehead atoms. The van der Waals surface area contributed by atoms with Gasteiger partial charge in [-0.15, -0.1) is 0 Å². The summed E-state index contributed by atoms with van der Waals surface area (Å²) in [6, 6.07) is 16.3. The topological polar surface area (TPSA) is 24.9 Å². The number of halogens is 2. The zero-order chi connectivity index (χ0) is 14.7. The van der Waals surface area contributed by atoms with Crippen LogP contribution in [-0.4, -0.2) is 4.98 Å². The maximum absolute atomic E-state index is 6.00. The molecule has 2 nitrogen and oxygen atoms in total. The van der Waals surface area contributed by atoms with Crippen molar-refractivity contribution in [3.63, 3.8) is 0 Å². The van der Waals surface area contributed by atoms with Crippen molar-refractivity contribution in [2.75, 3.05) is 0 Å². The first-order valence-corrected chi connectivity index (χ1v) is 7.88. The monoisotopic (exact) mass is 360 g/mol. The molecule has 2 aromatic carbocycles. The number of hydrogen-bond donors (Lipinski definition) is 1. The highest BCUT2D eigenvalue weighted by atomic mass is 79.9. The number of benzene rings is 2. The first-order valence-electron chi connectivity index (χ1n) is 6.71. The highest BCUT2D eigenvalue weighted by Gasteiger charge is 2.02. The molecule has 106 valence electrons. The van der Waals surface area contributed by atoms with E-state index in [4.69, 9.17) is 11.6 Å². The Hall–Kier alpha value is -1.42. The van der Waals surface area contributed by atoms with Gasteiger partial charge >= 0.3 is 0 Å². The highest BCUT2D eigenvalue weighted by Crippen LogP contribution is 2.23. The summed E-state index contributed by atoms with van der Waals surface area (Å²) in [6.45, 7) is 1.58. The van der Waals surface area contributed by atoms with Crippen molar-refractivity contribution < 1.29 is 0 Å². The second-order valence-corrected chi connectivity index (χ2v) is 6.11. The third kappa shape index (κ3) is 3.43. The third-order valence-corrected chi connectivity index (χ3v) is 4.56. The molecule has 0 saturated heterocycles. The lowest BCUT2D eigenvalue weighted by atomic mass is 10.1. The zero-order valence-corrected chi connectivity index (χ0v) is 13.7. The molecule has 0 unspecified atom stereocenters. The normalized spacial score (nSPS) is 11.0. The molecule has 0 spiro atoms. The van der Waals surface area contributed by atoms with E-state index >= 15 is 0 Å². The third-order valence-electron chi connectivity index (χ3n) is 3.34. The van der Waals surface area contributed by atoms with E-state index in [9.17, 15) is 0 Å². The molecule has 3 rings (SSSR count). The van der Waals surface area contributed by atoms with Gasteiger partial charge < -0.3 is 5.32 Å². The molecule has 1 heterocycles. The van der Waals surface area contributed by atoms with E-state index in [1.165, 1.54) is 16.5 Å². The number of rotatable bonds is 4. The van der Waals surface area contributed by atoms with Crippen LogP contribution in [0.3, 0.4) is 0 Å². The van der Waals surface area contributed by atoms with E-state index in [-0.39, 0.29) is 0 Å². The van der Waals surface area contributed by atoms with Crippen molar-refractivity contribution in [3.8, 4) is 0 Å². The molecular weight excluding hydrogens is 348 g/mol. The average molecular weight is 362 g/mol. The number of hydrogen-bond acceptors (Lipinski definition) is 2. The lowest BCUT2D eigenvalue weighted by molar-refractivity contribution is 0.695. The van der Waals surface area contributed by atoms with Gasteiger partial charge in [0, 0.05) is 29.1 Å². The summed E-state index contributed by atoms with van der Waals surface area (Å²) in [6.07, 6.45) is 1.84. The van der Waals surface area contributed by atoms with E-state index in [1.807, 2.05) is 30.5 Å². The number of nitrogens with one attached hydrogen (secondary N) is 1. The fraction of sp³-hybridized carbons (Fsp3) is 0.118. The Kier molecular flexibility index (Phi) is 4.54. The number of pyridine rings is 1. The summed E-state index contributed by atoms with van der Waals surface area (Å²) >= 11 is 9.45. The van der Waals surface area contributed by atoms with Crippen LogP contribution in [0.5, 0.6) is 0 Å². The minimum absolute atomic E-state index is 0.733. The van der Waals surface area contributed by atoms with E-state index < -0.39 is 0 Å². The van der Waals surface area contributed by atoms with Gasteiger partial charge in [0.15, 0.2) is 0 Å². The predicted molar refractivity (Wildman–Crippen MR) is 91.4 cm³/mol. The number of fused-ring (bicyclic) bond motifs is 1. The number of nitrogens with zero attached hydrogens (tertiary/aromatic N) is 1. The number of aromatic nitrogens is 1. The Balaban J connectivity index is 1.70. The van der Waals surface area contributed by atoms with Crippen LogP contribution in [0.4, 0.5) is 0 Å². The summed E-state index contributed by atoms with van der Waals surface area (Å²) in [5.41, 5.74) is 3.46. The van der Waals surface area contributed by atoms with E-state index in [0.29, 0.717) is 0 Å². The standard InChI is InChI=1S/C17H14BrClN2/c18-15-9-12(6-7-16(15)19)10-20-11-14-4-1-3-13-5-2-8-21-17(13)14/h1-9,20H,10-11H2. The summed E-state index contributed by atoms with van der Waals surface area (Å²) in [5.74, 6) is 0. The molecule has 21 heavy (non-hydrogen) atoms. The highest BCUT2D eigenvalue weighted by molar-refractivity contribution is 9.10. The molecule has 0 amide bonds. The average Bonchev–Trinajstić information content (AvgIpc) is 2.51. The predicted octanol–water partition coefficient (Wildman–Crippen LogP) is 4.94. The molecule has 0 aliphatic rings.